The van der Waals surface area contributed by atoms with Gasteiger partial charge in [-0.05, 0) is 37.4 Å². The molecule has 29 heavy (non-hydrogen) atoms. The van der Waals surface area contributed by atoms with E-state index in [0.29, 0.717) is 17.8 Å². The number of pyridine rings is 1. The Kier molecular flexibility index (Phi) is 5.31. The van der Waals surface area contributed by atoms with Gasteiger partial charge >= 0.3 is 0 Å². The van der Waals surface area contributed by atoms with Crippen LogP contribution in [0, 0.1) is 6.92 Å². The number of benzene rings is 1. The van der Waals surface area contributed by atoms with Crippen molar-refractivity contribution in [2.45, 2.75) is 26.4 Å². The quantitative estimate of drug-likeness (QED) is 0.517. The largest absolute Gasteiger partial charge is 0.496 e. The van der Waals surface area contributed by atoms with Crippen molar-refractivity contribution in [1.82, 2.24) is 20.1 Å². The number of para-hydroxylation sites is 1. The average Bonchev–Trinajstić information content (AvgIpc) is 3.38. The van der Waals surface area contributed by atoms with Gasteiger partial charge in [0, 0.05) is 16.1 Å². The first-order valence-corrected chi connectivity index (χ1v) is 10.2. The predicted molar refractivity (Wildman–Crippen MR) is 115 cm³/mol. The smallest absolute Gasteiger partial charge is 0.252 e. The lowest BCUT2D eigenvalue weighted by Gasteiger charge is -2.17. The van der Waals surface area contributed by atoms with Crippen LogP contribution in [0.15, 0.2) is 54.0 Å². The molecule has 0 aliphatic heterocycles. The highest BCUT2D eigenvalue weighted by molar-refractivity contribution is 7.09. The van der Waals surface area contributed by atoms with E-state index >= 15 is 0 Å². The Labute approximate surface area is 173 Å². The molecule has 148 valence electrons. The average molecular weight is 407 g/mol. The van der Waals surface area contributed by atoms with Crippen molar-refractivity contribution >= 4 is 28.3 Å². The van der Waals surface area contributed by atoms with Crippen molar-refractivity contribution in [1.29, 1.82) is 0 Å². The first-order chi connectivity index (χ1) is 14.1. The lowest BCUT2D eigenvalue weighted by atomic mass is 10.1. The van der Waals surface area contributed by atoms with Crippen LogP contribution in [0.2, 0.25) is 0 Å². The van der Waals surface area contributed by atoms with E-state index in [9.17, 15) is 4.79 Å². The third-order valence-corrected chi connectivity index (χ3v) is 5.68. The van der Waals surface area contributed by atoms with E-state index < -0.39 is 0 Å². The first kappa shape index (κ1) is 19.1. The van der Waals surface area contributed by atoms with E-state index in [2.05, 4.69) is 21.5 Å². The number of amides is 1. The molecule has 0 spiro atoms. The second-order valence-corrected chi connectivity index (χ2v) is 7.90. The Morgan fingerprint density at radius 2 is 2.10 bits per heavy atom. The maximum atomic E-state index is 13.1. The molecule has 6 nitrogen and oxygen atoms in total. The van der Waals surface area contributed by atoms with Crippen molar-refractivity contribution in [2.75, 3.05) is 7.11 Å². The van der Waals surface area contributed by atoms with Crippen LogP contribution in [-0.4, -0.2) is 27.8 Å². The van der Waals surface area contributed by atoms with Crippen LogP contribution in [0.25, 0.3) is 11.0 Å². The van der Waals surface area contributed by atoms with Crippen LogP contribution < -0.4 is 10.1 Å². The van der Waals surface area contributed by atoms with Gasteiger partial charge in [-0.25, -0.2) is 9.67 Å². The Bertz CT molecular complexity index is 1150. The molecule has 0 radical (unpaired) electrons. The third-order valence-electron chi connectivity index (χ3n) is 4.82. The topological polar surface area (TPSA) is 69.0 Å². The summed E-state index contributed by atoms with van der Waals surface area (Å²) in [6.45, 7) is 4.47. The monoisotopic (exact) mass is 406 g/mol. The molecule has 0 aliphatic carbocycles. The van der Waals surface area contributed by atoms with Gasteiger partial charge in [-0.3, -0.25) is 4.79 Å². The summed E-state index contributed by atoms with van der Waals surface area (Å²) in [5.74, 6) is 0.592. The lowest BCUT2D eigenvalue weighted by Crippen LogP contribution is -2.27. The summed E-state index contributed by atoms with van der Waals surface area (Å²) in [5, 5.41) is 10.3. The first-order valence-electron chi connectivity index (χ1n) is 9.36. The highest BCUT2D eigenvalue weighted by Gasteiger charge is 2.19. The molecule has 3 aromatic heterocycles. The fourth-order valence-corrected chi connectivity index (χ4v) is 4.09. The molecule has 1 aromatic carbocycles. The second-order valence-electron chi connectivity index (χ2n) is 6.87. The van der Waals surface area contributed by atoms with E-state index in [1.165, 1.54) is 4.88 Å². The molecular formula is C22H22N4O2S. The number of rotatable bonds is 6. The van der Waals surface area contributed by atoms with E-state index in [-0.39, 0.29) is 11.9 Å². The summed E-state index contributed by atoms with van der Waals surface area (Å²) < 4.78 is 7.26. The Morgan fingerprint density at radius 3 is 2.86 bits per heavy atom. The van der Waals surface area contributed by atoms with Crippen molar-refractivity contribution in [2.24, 2.45) is 0 Å². The Morgan fingerprint density at radius 1 is 1.28 bits per heavy atom. The zero-order valence-corrected chi connectivity index (χ0v) is 17.4. The van der Waals surface area contributed by atoms with Crippen molar-refractivity contribution in [3.8, 4) is 5.75 Å². The summed E-state index contributed by atoms with van der Waals surface area (Å²) in [7, 11) is 1.63. The molecule has 0 unspecified atom stereocenters. The van der Waals surface area contributed by atoms with Crippen LogP contribution in [-0.2, 0) is 6.54 Å². The lowest BCUT2D eigenvalue weighted by molar-refractivity contribution is 0.0941. The maximum Gasteiger partial charge on any atom is 0.252 e. The molecule has 1 amide bonds. The van der Waals surface area contributed by atoms with Crippen molar-refractivity contribution in [3.63, 3.8) is 0 Å². The molecule has 4 rings (SSSR count). The van der Waals surface area contributed by atoms with E-state index in [0.717, 1.165) is 22.4 Å². The normalized spacial score (nSPS) is 12.1. The van der Waals surface area contributed by atoms with Crippen LogP contribution in [0.3, 0.4) is 0 Å². The SMILES string of the molecule is COc1ccccc1[C@@H](C)NC(=O)c1cc(C)nc2c1cnn2Cc1cccs1. The molecular weight excluding hydrogens is 384 g/mol. The molecule has 0 fully saturated rings. The Balaban J connectivity index is 1.64. The minimum atomic E-state index is -0.205. The fourth-order valence-electron chi connectivity index (χ4n) is 3.40. The number of nitrogens with one attached hydrogen (secondary N) is 1. The number of hydrogen-bond donors (Lipinski definition) is 1. The van der Waals surface area contributed by atoms with Gasteiger partial charge in [0.2, 0.25) is 0 Å². The van der Waals surface area contributed by atoms with Crippen LogP contribution >= 0.6 is 11.3 Å². The van der Waals surface area contributed by atoms with Gasteiger partial charge in [-0.1, -0.05) is 24.3 Å². The van der Waals surface area contributed by atoms with Gasteiger partial charge < -0.3 is 10.1 Å². The number of carbonyl (C=O) groups excluding carboxylic acids is 1. The number of methoxy groups -OCH3 is 1. The molecule has 7 heteroatoms. The van der Waals surface area contributed by atoms with Gasteiger partial charge in [0.15, 0.2) is 5.65 Å². The molecule has 0 saturated heterocycles. The number of ether oxygens (including phenoxy) is 1. The van der Waals surface area contributed by atoms with Gasteiger partial charge in [-0.15, -0.1) is 11.3 Å². The zero-order chi connectivity index (χ0) is 20.4. The van der Waals surface area contributed by atoms with E-state index in [1.807, 2.05) is 60.3 Å². The molecule has 1 atom stereocenters. The molecule has 0 bridgehead atoms. The number of fused-ring (bicyclic) bond motifs is 1. The molecule has 1 N–H and O–H groups in total. The van der Waals surface area contributed by atoms with Crippen LogP contribution in [0.1, 0.15) is 39.5 Å². The number of aromatic nitrogens is 3. The fraction of sp³-hybridized carbons (Fsp3) is 0.227. The molecule has 0 aliphatic rings. The van der Waals surface area contributed by atoms with E-state index in [1.54, 1.807) is 24.6 Å². The van der Waals surface area contributed by atoms with Crippen molar-refractivity contribution < 1.29 is 9.53 Å². The molecule has 3 heterocycles. The minimum absolute atomic E-state index is 0.158. The van der Waals surface area contributed by atoms with Crippen molar-refractivity contribution in [3.05, 3.63) is 75.7 Å². The van der Waals surface area contributed by atoms with E-state index in [4.69, 9.17) is 4.74 Å². The van der Waals surface area contributed by atoms with Crippen LogP contribution in [0.4, 0.5) is 0 Å². The second kappa shape index (κ2) is 8.05. The number of nitrogens with zero attached hydrogens (tertiary/aromatic N) is 3. The minimum Gasteiger partial charge on any atom is -0.496 e. The van der Waals surface area contributed by atoms with Gasteiger partial charge in [-0.2, -0.15) is 5.10 Å². The highest BCUT2D eigenvalue weighted by Crippen LogP contribution is 2.26. The van der Waals surface area contributed by atoms with Crippen LogP contribution in [0.5, 0.6) is 5.75 Å². The number of carbonyl (C=O) groups is 1. The number of thiophene rings is 1. The number of aryl methyl sites for hydroxylation is 1. The highest BCUT2D eigenvalue weighted by atomic mass is 32.1. The van der Waals surface area contributed by atoms with Gasteiger partial charge in [0.25, 0.3) is 5.91 Å². The zero-order valence-electron chi connectivity index (χ0n) is 16.5. The predicted octanol–water partition coefficient (Wildman–Crippen LogP) is 4.35. The Hall–Kier alpha value is -3.19. The number of hydrogen-bond acceptors (Lipinski definition) is 5. The summed E-state index contributed by atoms with van der Waals surface area (Å²) >= 11 is 1.67. The van der Waals surface area contributed by atoms with Gasteiger partial charge in [0.1, 0.15) is 5.75 Å². The third kappa shape index (κ3) is 3.86. The summed E-state index contributed by atoms with van der Waals surface area (Å²) in [5.41, 5.74) is 3.00. The standard InChI is InChI=1S/C22H22N4O2S/c1-14-11-18(22(27)25-15(2)17-8-4-5-9-20(17)28-3)19-12-23-26(21(19)24-14)13-16-7-6-10-29-16/h4-12,15H,13H2,1-3H3,(H,25,27)/t15-/m1/s1. The summed E-state index contributed by atoms with van der Waals surface area (Å²) in [4.78, 5) is 18.9. The summed E-state index contributed by atoms with van der Waals surface area (Å²) in [6, 6.07) is 13.4. The molecule has 0 saturated carbocycles. The van der Waals surface area contributed by atoms with Gasteiger partial charge in [0.05, 0.1) is 36.8 Å². The summed E-state index contributed by atoms with van der Waals surface area (Å²) in [6.07, 6.45) is 1.72. The molecule has 4 aromatic rings. The maximum absolute atomic E-state index is 13.1.